The first kappa shape index (κ1) is 20.4. The third kappa shape index (κ3) is 5.35. The molecule has 8 nitrogen and oxygen atoms in total. The summed E-state index contributed by atoms with van der Waals surface area (Å²) in [6, 6.07) is 18.4. The van der Waals surface area contributed by atoms with E-state index < -0.39 is 4.92 Å². The summed E-state index contributed by atoms with van der Waals surface area (Å²) in [5.41, 5.74) is 12.1. The molecule has 3 aromatic rings. The van der Waals surface area contributed by atoms with Gasteiger partial charge in [-0.05, 0) is 47.9 Å². The van der Waals surface area contributed by atoms with E-state index in [9.17, 15) is 14.9 Å². The van der Waals surface area contributed by atoms with Gasteiger partial charge in [-0.2, -0.15) is 5.10 Å². The summed E-state index contributed by atoms with van der Waals surface area (Å²) in [5.74, 6) is -0.331. The number of non-ortho nitro benzene ring substituents is 1. The zero-order valence-corrected chi connectivity index (χ0v) is 16.1. The number of anilines is 1. The average Bonchev–Trinajstić information content (AvgIpc) is 2.74. The van der Waals surface area contributed by atoms with Crippen LogP contribution < -0.4 is 11.2 Å². The summed E-state index contributed by atoms with van der Waals surface area (Å²) in [4.78, 5) is 26.8. The van der Waals surface area contributed by atoms with Crippen LogP contribution in [0.15, 0.2) is 76.8 Å². The Bertz CT molecular complexity index is 1120. The number of hydrogen-bond donors (Lipinski definition) is 2. The Hall–Kier alpha value is -4.33. The molecule has 3 N–H and O–H groups in total. The molecule has 0 heterocycles. The van der Waals surface area contributed by atoms with Crippen LogP contribution in [0.25, 0.3) is 0 Å². The molecule has 0 aliphatic heterocycles. The number of nitrogens with two attached hydrogens (primary N) is 1. The molecule has 8 heteroatoms. The summed E-state index contributed by atoms with van der Waals surface area (Å²) in [5, 5.41) is 14.9. The number of amides is 1. The molecule has 0 saturated carbocycles. The lowest BCUT2D eigenvalue weighted by Gasteiger charge is -2.01. The molecular weight excluding hydrogens is 382 g/mol. The van der Waals surface area contributed by atoms with Crippen molar-refractivity contribution in [3.63, 3.8) is 0 Å². The molecule has 0 aromatic heterocycles. The molecule has 0 atom stereocenters. The normalized spacial score (nSPS) is 11.1. The number of hydrazone groups is 1. The van der Waals surface area contributed by atoms with Crippen LogP contribution in [-0.2, 0) is 0 Å². The second-order valence-electron chi connectivity index (χ2n) is 6.47. The van der Waals surface area contributed by atoms with Gasteiger partial charge in [0.2, 0.25) is 0 Å². The Labute approximate surface area is 172 Å². The van der Waals surface area contributed by atoms with Crippen molar-refractivity contribution in [3.8, 4) is 0 Å². The summed E-state index contributed by atoms with van der Waals surface area (Å²) in [6.07, 6.45) is 3.16. The molecule has 1 amide bonds. The van der Waals surface area contributed by atoms with E-state index in [1.807, 2.05) is 31.2 Å². The number of hydrogen-bond acceptors (Lipinski definition) is 6. The van der Waals surface area contributed by atoms with E-state index in [4.69, 9.17) is 5.73 Å². The first-order valence-corrected chi connectivity index (χ1v) is 9.00. The van der Waals surface area contributed by atoms with Crippen molar-refractivity contribution in [2.24, 2.45) is 10.1 Å². The van der Waals surface area contributed by atoms with Gasteiger partial charge in [0.1, 0.15) is 0 Å². The van der Waals surface area contributed by atoms with Gasteiger partial charge in [-0.3, -0.25) is 19.9 Å². The number of nitro groups is 1. The van der Waals surface area contributed by atoms with Gasteiger partial charge >= 0.3 is 0 Å². The fourth-order valence-electron chi connectivity index (χ4n) is 2.53. The molecule has 150 valence electrons. The SMILES string of the molecule is Cc1ccc([N+](=O)[O-])cc1N=Cc1ccc(C=NNC(=O)c2ccc(N)cc2)cc1. The number of benzene rings is 3. The maximum atomic E-state index is 12.0. The maximum Gasteiger partial charge on any atom is 0.271 e. The van der Waals surface area contributed by atoms with Crippen LogP contribution in [0, 0.1) is 17.0 Å². The van der Waals surface area contributed by atoms with E-state index in [2.05, 4.69) is 15.5 Å². The summed E-state index contributed by atoms with van der Waals surface area (Å²) in [6.45, 7) is 1.84. The Kier molecular flexibility index (Phi) is 6.29. The molecule has 30 heavy (non-hydrogen) atoms. The zero-order chi connectivity index (χ0) is 21.5. The molecule has 0 saturated heterocycles. The number of nitrogens with one attached hydrogen (secondary N) is 1. The molecule has 3 aromatic carbocycles. The maximum absolute atomic E-state index is 12.0. The average molecular weight is 401 g/mol. The number of carbonyl (C=O) groups excluding carboxylic acids is 1. The van der Waals surface area contributed by atoms with E-state index in [1.54, 1.807) is 36.5 Å². The van der Waals surface area contributed by atoms with Crippen LogP contribution in [0.4, 0.5) is 17.1 Å². The highest BCUT2D eigenvalue weighted by molar-refractivity contribution is 5.95. The second-order valence-corrected chi connectivity index (χ2v) is 6.47. The molecule has 0 bridgehead atoms. The van der Waals surface area contributed by atoms with Crippen molar-refractivity contribution in [3.05, 3.63) is 99.1 Å². The van der Waals surface area contributed by atoms with E-state index in [0.717, 1.165) is 16.7 Å². The Balaban J connectivity index is 1.62. The quantitative estimate of drug-likeness (QED) is 0.280. The molecule has 0 unspecified atom stereocenters. The van der Waals surface area contributed by atoms with Crippen LogP contribution in [0.5, 0.6) is 0 Å². The van der Waals surface area contributed by atoms with Crippen LogP contribution in [0.2, 0.25) is 0 Å². The third-order valence-corrected chi connectivity index (χ3v) is 4.25. The van der Waals surface area contributed by atoms with Crippen LogP contribution in [-0.4, -0.2) is 23.3 Å². The minimum atomic E-state index is -0.446. The van der Waals surface area contributed by atoms with Crippen molar-refractivity contribution in [2.75, 3.05) is 5.73 Å². The highest BCUT2D eigenvalue weighted by Gasteiger charge is 2.07. The lowest BCUT2D eigenvalue weighted by atomic mass is 10.1. The van der Waals surface area contributed by atoms with Crippen molar-refractivity contribution in [2.45, 2.75) is 6.92 Å². The van der Waals surface area contributed by atoms with Crippen molar-refractivity contribution >= 4 is 35.4 Å². The largest absolute Gasteiger partial charge is 0.399 e. The van der Waals surface area contributed by atoms with Gasteiger partial charge < -0.3 is 5.73 Å². The molecule has 0 radical (unpaired) electrons. The van der Waals surface area contributed by atoms with Crippen molar-refractivity contribution in [1.82, 2.24) is 5.43 Å². The minimum absolute atomic E-state index is 0.000303. The lowest BCUT2D eigenvalue weighted by molar-refractivity contribution is -0.384. The zero-order valence-electron chi connectivity index (χ0n) is 16.1. The lowest BCUT2D eigenvalue weighted by Crippen LogP contribution is -2.17. The summed E-state index contributed by atoms with van der Waals surface area (Å²) >= 11 is 0. The smallest absolute Gasteiger partial charge is 0.271 e. The Morgan fingerprint density at radius 1 is 1.00 bits per heavy atom. The number of nitrogens with zero attached hydrogens (tertiary/aromatic N) is 3. The van der Waals surface area contributed by atoms with Crippen molar-refractivity contribution in [1.29, 1.82) is 0 Å². The topological polar surface area (TPSA) is 123 Å². The molecule has 0 aliphatic carbocycles. The van der Waals surface area contributed by atoms with Crippen LogP contribution in [0.1, 0.15) is 27.0 Å². The third-order valence-electron chi connectivity index (χ3n) is 4.25. The molecule has 0 aliphatic rings. The van der Waals surface area contributed by atoms with Gasteiger partial charge in [0.05, 0.1) is 16.8 Å². The van der Waals surface area contributed by atoms with E-state index in [0.29, 0.717) is 16.9 Å². The number of nitro benzene ring substituents is 1. The van der Waals surface area contributed by atoms with Gasteiger partial charge in [-0.15, -0.1) is 0 Å². The first-order chi connectivity index (χ1) is 14.4. The predicted octanol–water partition coefficient (Wildman–Crippen LogP) is 4.00. The molecule has 3 rings (SSSR count). The highest BCUT2D eigenvalue weighted by Crippen LogP contribution is 2.24. The standard InChI is InChI=1S/C22H19N5O3/c1-15-2-11-20(27(29)30)12-21(15)24-13-16-3-5-17(6-4-16)14-25-26-22(28)18-7-9-19(23)10-8-18/h2-14H,23H2,1H3,(H,26,28). The number of aryl methyl sites for hydroxylation is 1. The Morgan fingerprint density at radius 2 is 1.63 bits per heavy atom. The fourth-order valence-corrected chi connectivity index (χ4v) is 2.53. The number of carbonyl (C=O) groups is 1. The Morgan fingerprint density at radius 3 is 2.27 bits per heavy atom. The number of nitrogen functional groups attached to an aromatic ring is 1. The number of aliphatic imine (C=N–C) groups is 1. The monoisotopic (exact) mass is 401 g/mol. The highest BCUT2D eigenvalue weighted by atomic mass is 16.6. The van der Waals surface area contributed by atoms with Gasteiger partial charge in [0.25, 0.3) is 11.6 Å². The van der Waals surface area contributed by atoms with Gasteiger partial charge in [-0.25, -0.2) is 5.43 Å². The number of rotatable bonds is 6. The first-order valence-electron chi connectivity index (χ1n) is 9.00. The van der Waals surface area contributed by atoms with E-state index >= 15 is 0 Å². The second kappa shape index (κ2) is 9.24. The molecular formula is C22H19N5O3. The summed E-state index contributed by atoms with van der Waals surface area (Å²) in [7, 11) is 0. The molecule has 0 spiro atoms. The van der Waals surface area contributed by atoms with Gasteiger partial charge in [0, 0.05) is 29.6 Å². The van der Waals surface area contributed by atoms with Crippen LogP contribution in [0.3, 0.4) is 0 Å². The minimum Gasteiger partial charge on any atom is -0.399 e. The van der Waals surface area contributed by atoms with E-state index in [1.165, 1.54) is 18.3 Å². The predicted molar refractivity (Wildman–Crippen MR) is 117 cm³/mol. The molecule has 0 fully saturated rings. The fraction of sp³-hybridized carbons (Fsp3) is 0.0455. The van der Waals surface area contributed by atoms with Crippen molar-refractivity contribution < 1.29 is 9.72 Å². The van der Waals surface area contributed by atoms with E-state index in [-0.39, 0.29) is 11.6 Å². The van der Waals surface area contributed by atoms with Crippen LogP contribution >= 0.6 is 0 Å². The summed E-state index contributed by atoms with van der Waals surface area (Å²) < 4.78 is 0. The van der Waals surface area contributed by atoms with Gasteiger partial charge in [0.15, 0.2) is 0 Å². The van der Waals surface area contributed by atoms with Gasteiger partial charge in [-0.1, -0.05) is 30.3 Å².